The van der Waals surface area contributed by atoms with Gasteiger partial charge in [0.15, 0.2) is 6.10 Å². The quantitative estimate of drug-likeness (QED) is 0.815. The zero-order chi connectivity index (χ0) is 21.0. The van der Waals surface area contributed by atoms with Crippen molar-refractivity contribution in [2.75, 3.05) is 30.4 Å². The van der Waals surface area contributed by atoms with Gasteiger partial charge in [-0.15, -0.1) is 0 Å². The van der Waals surface area contributed by atoms with Gasteiger partial charge in [-0.25, -0.2) is 0 Å². The summed E-state index contributed by atoms with van der Waals surface area (Å²) in [5, 5.41) is 2.77. The summed E-state index contributed by atoms with van der Waals surface area (Å²) < 4.78 is 5.61. The molecule has 1 N–H and O–H groups in total. The summed E-state index contributed by atoms with van der Waals surface area (Å²) in [7, 11) is 1.58. The summed E-state index contributed by atoms with van der Waals surface area (Å²) in [6.07, 6.45) is -0.487. The lowest BCUT2D eigenvalue weighted by Crippen LogP contribution is -2.46. The Morgan fingerprint density at radius 2 is 1.83 bits per heavy atom. The molecule has 2 aromatic carbocycles. The van der Waals surface area contributed by atoms with Gasteiger partial charge in [-0.05, 0) is 38.1 Å². The molecule has 0 fully saturated rings. The van der Waals surface area contributed by atoms with Crippen molar-refractivity contribution in [1.82, 2.24) is 4.90 Å². The van der Waals surface area contributed by atoms with Crippen molar-refractivity contribution in [3.63, 3.8) is 0 Å². The van der Waals surface area contributed by atoms with Crippen LogP contribution in [0.3, 0.4) is 0 Å². The SMILES string of the molecule is Cc1ccc(NC(=O)CN(C)C(=O)CCN2C(=O)C(C)Oc3ccccc32)cc1. The lowest BCUT2D eigenvalue weighted by atomic mass is 10.1. The van der Waals surface area contributed by atoms with Crippen molar-refractivity contribution in [3.05, 3.63) is 54.1 Å². The molecule has 1 heterocycles. The summed E-state index contributed by atoms with van der Waals surface area (Å²) in [6.45, 7) is 3.83. The second-order valence-corrected chi connectivity index (χ2v) is 7.13. The molecule has 0 aliphatic carbocycles. The average Bonchev–Trinajstić information content (AvgIpc) is 2.69. The fourth-order valence-electron chi connectivity index (χ4n) is 3.13. The first-order valence-electron chi connectivity index (χ1n) is 9.52. The summed E-state index contributed by atoms with van der Waals surface area (Å²) in [4.78, 5) is 40.1. The van der Waals surface area contributed by atoms with Gasteiger partial charge in [0.2, 0.25) is 11.8 Å². The number of nitrogens with zero attached hydrogens (tertiary/aromatic N) is 2. The minimum Gasteiger partial charge on any atom is -0.479 e. The Hall–Kier alpha value is -3.35. The van der Waals surface area contributed by atoms with E-state index >= 15 is 0 Å². The first-order valence-corrected chi connectivity index (χ1v) is 9.52. The minimum atomic E-state index is -0.599. The highest BCUT2D eigenvalue weighted by Gasteiger charge is 2.31. The van der Waals surface area contributed by atoms with E-state index in [0.29, 0.717) is 17.1 Å². The van der Waals surface area contributed by atoms with Crippen LogP contribution in [0.1, 0.15) is 18.9 Å². The van der Waals surface area contributed by atoms with Gasteiger partial charge in [0.25, 0.3) is 5.91 Å². The zero-order valence-corrected chi connectivity index (χ0v) is 16.8. The van der Waals surface area contributed by atoms with Gasteiger partial charge in [0.1, 0.15) is 5.75 Å². The van der Waals surface area contributed by atoms with Crippen molar-refractivity contribution >= 4 is 29.1 Å². The molecule has 2 aromatic rings. The molecule has 7 heteroatoms. The van der Waals surface area contributed by atoms with Crippen molar-refractivity contribution in [3.8, 4) is 5.75 Å². The number of hydrogen-bond donors (Lipinski definition) is 1. The minimum absolute atomic E-state index is 0.0588. The fraction of sp³-hybridized carbons (Fsp3) is 0.318. The van der Waals surface area contributed by atoms with E-state index in [2.05, 4.69) is 5.32 Å². The van der Waals surface area contributed by atoms with E-state index in [0.717, 1.165) is 5.56 Å². The largest absolute Gasteiger partial charge is 0.479 e. The third-order valence-corrected chi connectivity index (χ3v) is 4.76. The van der Waals surface area contributed by atoms with E-state index in [4.69, 9.17) is 4.74 Å². The maximum absolute atomic E-state index is 12.5. The van der Waals surface area contributed by atoms with Gasteiger partial charge in [-0.1, -0.05) is 29.8 Å². The molecule has 7 nitrogen and oxygen atoms in total. The normalized spacial score (nSPS) is 15.3. The standard InChI is InChI=1S/C22H25N3O4/c1-15-8-10-17(11-9-15)23-20(26)14-24(3)21(27)12-13-25-18-6-4-5-7-19(18)29-16(2)22(25)28/h4-11,16H,12-14H2,1-3H3,(H,23,26). The molecule has 0 saturated heterocycles. The number of carbonyl (C=O) groups excluding carboxylic acids is 3. The number of aryl methyl sites for hydroxylation is 1. The summed E-state index contributed by atoms with van der Waals surface area (Å²) in [6, 6.07) is 14.7. The van der Waals surface area contributed by atoms with E-state index in [1.165, 1.54) is 4.90 Å². The zero-order valence-electron chi connectivity index (χ0n) is 16.8. The topological polar surface area (TPSA) is 79.0 Å². The molecule has 1 aliphatic rings. The summed E-state index contributed by atoms with van der Waals surface area (Å²) >= 11 is 0. The number of nitrogens with one attached hydrogen (secondary N) is 1. The molecule has 0 saturated carbocycles. The van der Waals surface area contributed by atoms with E-state index in [1.807, 2.05) is 43.3 Å². The van der Waals surface area contributed by atoms with Crippen LogP contribution in [-0.2, 0) is 14.4 Å². The second-order valence-electron chi connectivity index (χ2n) is 7.13. The number of carbonyl (C=O) groups is 3. The van der Waals surface area contributed by atoms with Crippen molar-refractivity contribution in [1.29, 1.82) is 0 Å². The van der Waals surface area contributed by atoms with Gasteiger partial charge < -0.3 is 19.9 Å². The molecule has 1 unspecified atom stereocenters. The Morgan fingerprint density at radius 1 is 1.14 bits per heavy atom. The maximum atomic E-state index is 12.5. The van der Waals surface area contributed by atoms with Crippen LogP contribution in [0.4, 0.5) is 11.4 Å². The van der Waals surface area contributed by atoms with Gasteiger partial charge in [0.05, 0.1) is 12.2 Å². The average molecular weight is 395 g/mol. The first kappa shape index (κ1) is 20.4. The highest BCUT2D eigenvalue weighted by Crippen LogP contribution is 2.33. The van der Waals surface area contributed by atoms with Crippen molar-refractivity contribution < 1.29 is 19.1 Å². The van der Waals surface area contributed by atoms with Gasteiger partial charge in [-0.3, -0.25) is 14.4 Å². The molecule has 1 aliphatic heterocycles. The third-order valence-electron chi connectivity index (χ3n) is 4.76. The Balaban J connectivity index is 1.55. The highest BCUT2D eigenvalue weighted by molar-refractivity contribution is 6.00. The van der Waals surface area contributed by atoms with E-state index in [1.54, 1.807) is 31.0 Å². The highest BCUT2D eigenvalue weighted by atomic mass is 16.5. The number of amides is 3. The van der Waals surface area contributed by atoms with Crippen LogP contribution in [-0.4, -0.2) is 48.9 Å². The van der Waals surface area contributed by atoms with E-state index < -0.39 is 6.10 Å². The molecular formula is C22H25N3O4. The van der Waals surface area contributed by atoms with E-state index in [9.17, 15) is 14.4 Å². The van der Waals surface area contributed by atoms with Crippen molar-refractivity contribution in [2.45, 2.75) is 26.4 Å². The van der Waals surface area contributed by atoms with Crippen LogP contribution >= 0.6 is 0 Å². The molecule has 3 amide bonds. The van der Waals surface area contributed by atoms with Gasteiger partial charge >= 0.3 is 0 Å². The number of likely N-dealkylation sites (N-methyl/N-ethyl adjacent to an activating group) is 1. The molecule has 0 spiro atoms. The van der Waals surface area contributed by atoms with Crippen LogP contribution in [0, 0.1) is 6.92 Å². The number of fused-ring (bicyclic) bond motifs is 1. The Labute approximate surface area is 170 Å². The van der Waals surface area contributed by atoms with Crippen LogP contribution in [0.15, 0.2) is 48.5 Å². The maximum Gasteiger partial charge on any atom is 0.267 e. The lowest BCUT2D eigenvalue weighted by molar-refractivity contribution is -0.133. The van der Waals surface area contributed by atoms with Gasteiger partial charge in [0, 0.05) is 25.7 Å². The van der Waals surface area contributed by atoms with Crippen molar-refractivity contribution in [2.24, 2.45) is 0 Å². The summed E-state index contributed by atoms with van der Waals surface area (Å²) in [5.41, 5.74) is 2.44. The Bertz CT molecular complexity index is 911. The molecule has 0 radical (unpaired) electrons. The first-order chi connectivity index (χ1) is 13.8. The predicted octanol–water partition coefficient (Wildman–Crippen LogP) is 2.60. The molecule has 1 atom stereocenters. The van der Waals surface area contributed by atoms with Crippen LogP contribution in [0.5, 0.6) is 5.75 Å². The lowest BCUT2D eigenvalue weighted by Gasteiger charge is -2.33. The Morgan fingerprint density at radius 3 is 2.55 bits per heavy atom. The number of hydrogen-bond acceptors (Lipinski definition) is 4. The number of anilines is 2. The number of benzene rings is 2. The smallest absolute Gasteiger partial charge is 0.267 e. The molecule has 0 bridgehead atoms. The third kappa shape index (κ3) is 4.93. The second kappa shape index (κ2) is 8.77. The van der Waals surface area contributed by atoms with E-state index in [-0.39, 0.29) is 37.2 Å². The van der Waals surface area contributed by atoms with Gasteiger partial charge in [-0.2, -0.15) is 0 Å². The fourth-order valence-corrected chi connectivity index (χ4v) is 3.13. The predicted molar refractivity (Wildman–Crippen MR) is 111 cm³/mol. The van der Waals surface area contributed by atoms with Crippen LogP contribution in [0.2, 0.25) is 0 Å². The van der Waals surface area contributed by atoms with Crippen LogP contribution < -0.4 is 15.0 Å². The number of ether oxygens (including phenoxy) is 1. The number of para-hydroxylation sites is 2. The molecular weight excluding hydrogens is 370 g/mol. The Kier molecular flexibility index (Phi) is 6.16. The number of rotatable bonds is 6. The molecule has 0 aromatic heterocycles. The summed E-state index contributed by atoms with van der Waals surface area (Å²) in [5.74, 6) is -0.0475. The molecule has 29 heavy (non-hydrogen) atoms. The molecule has 152 valence electrons. The molecule has 3 rings (SSSR count). The monoisotopic (exact) mass is 395 g/mol. The van der Waals surface area contributed by atoms with Crippen LogP contribution in [0.25, 0.3) is 0 Å².